The molecule has 0 saturated heterocycles. The highest BCUT2D eigenvalue weighted by atomic mass is 16.5. The summed E-state index contributed by atoms with van der Waals surface area (Å²) in [6, 6.07) is 68.2. The molecule has 0 amide bonds. The van der Waals surface area contributed by atoms with Gasteiger partial charge >= 0.3 is 0 Å². The van der Waals surface area contributed by atoms with Crippen molar-refractivity contribution < 1.29 is 9.47 Å². The molecule has 8 aromatic carbocycles. The van der Waals surface area contributed by atoms with Crippen LogP contribution in [0.5, 0.6) is 11.5 Å². The lowest BCUT2D eigenvalue weighted by atomic mass is 9.74. The summed E-state index contributed by atoms with van der Waals surface area (Å²) in [6.07, 6.45) is 1.04. The van der Waals surface area contributed by atoms with E-state index in [0.717, 1.165) is 52.0 Å². The third-order valence-corrected chi connectivity index (χ3v) is 12.8. The molecule has 0 spiro atoms. The fourth-order valence-electron chi connectivity index (χ4n) is 9.48. The molecular weight excluding hydrogens is 757 g/mol. The Hall–Kier alpha value is -7.04. The first-order valence-electron chi connectivity index (χ1n) is 21.5. The van der Waals surface area contributed by atoms with E-state index in [2.05, 4.69) is 208 Å². The molecule has 0 saturated carbocycles. The highest BCUT2D eigenvalue weighted by Gasteiger charge is 2.45. The van der Waals surface area contributed by atoms with E-state index in [1.54, 1.807) is 14.2 Å². The molecule has 8 aromatic rings. The van der Waals surface area contributed by atoms with Gasteiger partial charge in [-0.15, -0.1) is 0 Å². The minimum atomic E-state index is -0.138. The number of fused-ring (bicyclic) bond motifs is 1. The van der Waals surface area contributed by atoms with E-state index in [0.29, 0.717) is 0 Å². The predicted molar refractivity (Wildman–Crippen MR) is 260 cm³/mol. The first kappa shape index (κ1) is 40.4. The van der Waals surface area contributed by atoms with Gasteiger partial charge in [0.25, 0.3) is 0 Å². The molecule has 1 unspecified atom stereocenters. The summed E-state index contributed by atoms with van der Waals surface area (Å²) in [6.45, 7) is 11.5. The third kappa shape index (κ3) is 7.74. The highest BCUT2D eigenvalue weighted by Crippen LogP contribution is 2.54. The van der Waals surface area contributed by atoms with E-state index < -0.39 is 0 Å². The van der Waals surface area contributed by atoms with E-state index in [-0.39, 0.29) is 10.8 Å². The number of hydrogen-bond acceptors (Lipinski definition) is 4. The minimum absolute atomic E-state index is 0.0427. The van der Waals surface area contributed by atoms with Crippen molar-refractivity contribution in [1.29, 1.82) is 0 Å². The van der Waals surface area contributed by atoms with Crippen LogP contribution in [0.3, 0.4) is 0 Å². The van der Waals surface area contributed by atoms with Crippen LogP contribution >= 0.6 is 0 Å². The Morgan fingerprint density at radius 1 is 0.371 bits per heavy atom. The molecule has 1 aliphatic carbocycles. The minimum Gasteiger partial charge on any atom is -0.497 e. The van der Waals surface area contributed by atoms with Crippen molar-refractivity contribution in [2.24, 2.45) is 0 Å². The van der Waals surface area contributed by atoms with Gasteiger partial charge in [0, 0.05) is 39.5 Å². The van der Waals surface area contributed by atoms with Crippen LogP contribution in [-0.2, 0) is 10.8 Å². The van der Waals surface area contributed by atoms with Gasteiger partial charge in [0.1, 0.15) is 11.5 Å². The molecular formula is C58H54N2O2. The van der Waals surface area contributed by atoms with Gasteiger partial charge in [-0.1, -0.05) is 117 Å². The maximum Gasteiger partial charge on any atom is 0.119 e. The van der Waals surface area contributed by atoms with Gasteiger partial charge in [-0.3, -0.25) is 0 Å². The SMILES string of the molecule is COc1ccc(N(c2ccc(C)cc2)c2ccc(-c3ccc(C4(C)CC(C)(C)c5ccc(-c6ccc(N(c7ccc(C)cc7)c7ccc(OC)cc7)cc6)cc54)cc3)cc2)cc1. The summed E-state index contributed by atoms with van der Waals surface area (Å²) in [5.41, 5.74) is 18.0. The first-order valence-corrected chi connectivity index (χ1v) is 21.5. The monoisotopic (exact) mass is 810 g/mol. The summed E-state index contributed by atoms with van der Waals surface area (Å²) in [5, 5.41) is 0. The summed E-state index contributed by atoms with van der Waals surface area (Å²) < 4.78 is 10.9. The van der Waals surface area contributed by atoms with Crippen molar-refractivity contribution >= 4 is 34.1 Å². The molecule has 0 heterocycles. The quantitative estimate of drug-likeness (QED) is 0.130. The van der Waals surface area contributed by atoms with Gasteiger partial charge in [-0.2, -0.15) is 0 Å². The van der Waals surface area contributed by atoms with Crippen molar-refractivity contribution in [3.63, 3.8) is 0 Å². The normalized spacial score (nSPS) is 15.1. The Kier molecular flexibility index (Phi) is 10.7. The van der Waals surface area contributed by atoms with E-state index in [4.69, 9.17) is 9.47 Å². The average molecular weight is 811 g/mol. The molecule has 0 fully saturated rings. The van der Waals surface area contributed by atoms with Crippen LogP contribution in [-0.4, -0.2) is 14.2 Å². The molecule has 0 aliphatic heterocycles. The molecule has 308 valence electrons. The highest BCUT2D eigenvalue weighted by molar-refractivity contribution is 5.80. The molecule has 4 nitrogen and oxygen atoms in total. The van der Waals surface area contributed by atoms with Gasteiger partial charge in [-0.05, 0) is 168 Å². The Bertz CT molecular complexity index is 2790. The second kappa shape index (κ2) is 16.4. The van der Waals surface area contributed by atoms with Crippen LogP contribution in [0.1, 0.15) is 55.0 Å². The number of ether oxygens (including phenoxy) is 2. The fourth-order valence-corrected chi connectivity index (χ4v) is 9.48. The molecule has 0 bridgehead atoms. The zero-order chi connectivity index (χ0) is 43.0. The summed E-state index contributed by atoms with van der Waals surface area (Å²) in [4.78, 5) is 4.59. The van der Waals surface area contributed by atoms with Crippen LogP contribution in [0.2, 0.25) is 0 Å². The molecule has 0 radical (unpaired) electrons. The second-order valence-corrected chi connectivity index (χ2v) is 17.6. The van der Waals surface area contributed by atoms with E-state index in [1.807, 2.05) is 24.3 Å². The molecule has 1 atom stereocenters. The van der Waals surface area contributed by atoms with E-state index in [1.165, 1.54) is 50.1 Å². The first-order chi connectivity index (χ1) is 30.0. The molecule has 0 aromatic heterocycles. The van der Waals surface area contributed by atoms with Crippen molar-refractivity contribution in [3.8, 4) is 33.8 Å². The smallest absolute Gasteiger partial charge is 0.119 e. The Morgan fingerprint density at radius 2 is 0.694 bits per heavy atom. The third-order valence-electron chi connectivity index (χ3n) is 12.8. The zero-order valence-corrected chi connectivity index (χ0v) is 36.8. The van der Waals surface area contributed by atoms with Crippen LogP contribution in [0.15, 0.2) is 188 Å². The molecule has 9 rings (SSSR count). The van der Waals surface area contributed by atoms with Gasteiger partial charge in [-0.25, -0.2) is 0 Å². The zero-order valence-electron chi connectivity index (χ0n) is 36.8. The Balaban J connectivity index is 0.993. The summed E-state index contributed by atoms with van der Waals surface area (Å²) >= 11 is 0. The summed E-state index contributed by atoms with van der Waals surface area (Å²) in [7, 11) is 3.41. The van der Waals surface area contributed by atoms with Gasteiger partial charge in [0.15, 0.2) is 0 Å². The van der Waals surface area contributed by atoms with Gasteiger partial charge < -0.3 is 19.3 Å². The number of aryl methyl sites for hydroxylation is 2. The Labute approximate surface area is 367 Å². The molecule has 62 heavy (non-hydrogen) atoms. The number of rotatable bonds is 11. The maximum absolute atomic E-state index is 5.47. The van der Waals surface area contributed by atoms with Crippen molar-refractivity contribution in [3.05, 3.63) is 216 Å². The topological polar surface area (TPSA) is 24.9 Å². The largest absolute Gasteiger partial charge is 0.497 e. The number of hydrogen-bond donors (Lipinski definition) is 0. The van der Waals surface area contributed by atoms with Crippen LogP contribution in [0.25, 0.3) is 22.3 Å². The van der Waals surface area contributed by atoms with E-state index in [9.17, 15) is 0 Å². The maximum atomic E-state index is 5.47. The number of methoxy groups -OCH3 is 2. The van der Waals surface area contributed by atoms with Gasteiger partial charge in [0.05, 0.1) is 14.2 Å². The molecule has 1 aliphatic rings. The lowest BCUT2D eigenvalue weighted by Gasteiger charge is -2.29. The number of benzene rings is 8. The standard InChI is InChI=1S/C58H54N2O2/c1-40-8-21-47(22-9-40)59(51-29-33-53(61-6)34-30-51)49-25-14-43(15-26-49)42-12-19-46(20-13-42)58(5)39-57(3,4)55-37-18-45(38-56(55)58)44-16-27-50(28-17-44)60(48-23-10-41(2)11-24-48)52-31-35-54(62-7)36-32-52/h8-38H,39H2,1-7H3. The number of anilines is 6. The van der Waals surface area contributed by atoms with Crippen molar-refractivity contribution in [2.75, 3.05) is 24.0 Å². The lowest BCUT2D eigenvalue weighted by molar-refractivity contribution is 0.414. The van der Waals surface area contributed by atoms with Crippen LogP contribution in [0, 0.1) is 13.8 Å². The van der Waals surface area contributed by atoms with Gasteiger partial charge in [0.2, 0.25) is 0 Å². The van der Waals surface area contributed by atoms with Crippen LogP contribution in [0.4, 0.5) is 34.1 Å². The predicted octanol–water partition coefficient (Wildman–Crippen LogP) is 15.6. The second-order valence-electron chi connectivity index (χ2n) is 17.6. The van der Waals surface area contributed by atoms with Crippen molar-refractivity contribution in [1.82, 2.24) is 0 Å². The summed E-state index contributed by atoms with van der Waals surface area (Å²) in [5.74, 6) is 1.68. The fraction of sp³-hybridized carbons (Fsp3) is 0.172. The number of nitrogens with zero attached hydrogens (tertiary/aromatic N) is 2. The van der Waals surface area contributed by atoms with E-state index >= 15 is 0 Å². The lowest BCUT2D eigenvalue weighted by Crippen LogP contribution is -2.23. The molecule has 0 N–H and O–H groups in total. The Morgan fingerprint density at radius 3 is 1.08 bits per heavy atom. The average Bonchev–Trinajstić information content (AvgIpc) is 3.53. The van der Waals surface area contributed by atoms with Crippen LogP contribution < -0.4 is 19.3 Å². The van der Waals surface area contributed by atoms with Crippen molar-refractivity contribution in [2.45, 2.75) is 51.9 Å². The molecule has 4 heteroatoms.